The summed E-state index contributed by atoms with van der Waals surface area (Å²) in [6, 6.07) is 20.3. The fraction of sp³-hybridized carbons (Fsp3) is 0.130. The molecule has 0 atom stereocenters. The molecule has 0 aromatic heterocycles. The molecule has 3 rings (SSSR count). The van der Waals surface area contributed by atoms with E-state index in [9.17, 15) is 9.59 Å². The summed E-state index contributed by atoms with van der Waals surface area (Å²) < 4.78 is 5.80. The Bertz CT molecular complexity index is 1070. The number of hydrogen-bond donors (Lipinski definition) is 2. The summed E-state index contributed by atoms with van der Waals surface area (Å²) in [5.41, 5.74) is 0.369. The minimum atomic E-state index is -1.13. The molecule has 0 aliphatic heterocycles. The average Bonchev–Trinajstić information content (AvgIpc) is 2.70. The molecule has 0 bridgehead atoms. The summed E-state index contributed by atoms with van der Waals surface area (Å²) in [6.07, 6.45) is 0. The van der Waals surface area contributed by atoms with E-state index in [2.05, 4.69) is 10.6 Å². The van der Waals surface area contributed by atoms with Crippen molar-refractivity contribution < 1.29 is 14.3 Å². The molecule has 0 saturated carbocycles. The van der Waals surface area contributed by atoms with Crippen LogP contribution < -0.4 is 15.4 Å². The Hall–Kier alpha value is -3.02. The summed E-state index contributed by atoms with van der Waals surface area (Å²) in [7, 11) is 0. The Kier molecular flexibility index (Phi) is 6.65. The summed E-state index contributed by atoms with van der Waals surface area (Å²) >= 11 is 11.8. The van der Waals surface area contributed by atoms with Crippen LogP contribution in [0.3, 0.4) is 0 Å². The van der Waals surface area contributed by atoms with Crippen molar-refractivity contribution in [1.82, 2.24) is 0 Å². The maximum atomic E-state index is 12.7. The highest BCUT2D eigenvalue weighted by molar-refractivity contribution is 6.31. The quantitative estimate of drug-likeness (QED) is 0.488. The van der Waals surface area contributed by atoms with E-state index >= 15 is 0 Å². The first-order chi connectivity index (χ1) is 14.2. The molecule has 3 aromatic carbocycles. The normalized spacial score (nSPS) is 10.9. The molecule has 2 amide bonds. The van der Waals surface area contributed by atoms with Gasteiger partial charge in [0.2, 0.25) is 0 Å². The highest BCUT2D eigenvalue weighted by Gasteiger charge is 2.30. The molecule has 0 heterocycles. The van der Waals surface area contributed by atoms with Crippen molar-refractivity contribution in [3.05, 3.63) is 88.4 Å². The molecule has 0 aliphatic rings. The molecule has 0 unspecified atom stereocenters. The van der Waals surface area contributed by atoms with Crippen LogP contribution in [0.4, 0.5) is 11.4 Å². The highest BCUT2D eigenvalue weighted by atomic mass is 35.5. The van der Waals surface area contributed by atoms with Crippen LogP contribution in [0.15, 0.2) is 72.8 Å². The number of nitrogens with one attached hydrogen (secondary N) is 2. The third-order valence-corrected chi connectivity index (χ3v) is 4.69. The van der Waals surface area contributed by atoms with Crippen LogP contribution in [-0.2, 0) is 4.79 Å². The number of carbonyl (C=O) groups excluding carboxylic acids is 2. The summed E-state index contributed by atoms with van der Waals surface area (Å²) in [6.45, 7) is 3.34. The number of halogens is 2. The lowest BCUT2D eigenvalue weighted by atomic mass is 10.1. The van der Waals surface area contributed by atoms with Crippen molar-refractivity contribution >= 4 is 46.4 Å². The number of amides is 2. The fourth-order valence-electron chi connectivity index (χ4n) is 2.63. The highest BCUT2D eigenvalue weighted by Crippen LogP contribution is 2.23. The van der Waals surface area contributed by atoms with E-state index in [0.717, 1.165) is 0 Å². The largest absolute Gasteiger partial charge is 0.478 e. The van der Waals surface area contributed by atoms with Gasteiger partial charge in [-0.2, -0.15) is 0 Å². The molecule has 2 N–H and O–H groups in total. The smallest absolute Gasteiger partial charge is 0.267 e. The number of carbonyl (C=O) groups is 2. The maximum absolute atomic E-state index is 12.7. The zero-order valence-electron chi connectivity index (χ0n) is 16.4. The molecule has 0 saturated heterocycles. The van der Waals surface area contributed by atoms with Crippen molar-refractivity contribution in [2.45, 2.75) is 19.4 Å². The molecule has 7 heteroatoms. The van der Waals surface area contributed by atoms with Crippen LogP contribution in [0.5, 0.6) is 5.75 Å². The van der Waals surface area contributed by atoms with E-state index in [1.165, 1.54) is 0 Å². The van der Waals surface area contributed by atoms with Crippen LogP contribution in [0, 0.1) is 0 Å². The average molecular weight is 443 g/mol. The third kappa shape index (κ3) is 5.75. The van der Waals surface area contributed by atoms with E-state index in [1.54, 1.807) is 86.6 Å². The van der Waals surface area contributed by atoms with Gasteiger partial charge in [-0.3, -0.25) is 9.59 Å². The predicted molar refractivity (Wildman–Crippen MR) is 121 cm³/mol. The number of rotatable bonds is 6. The standard InChI is InChI=1S/C23H20Cl2N2O3/c1-23(2,30-20-11-9-16(24)10-12-20)22(29)27-19-8-4-7-18(14-19)26-21(28)15-5-3-6-17(25)13-15/h3-14H,1-2H3,(H,26,28)(H,27,29). The second-order valence-corrected chi connectivity index (χ2v) is 7.94. The monoisotopic (exact) mass is 442 g/mol. The first-order valence-corrected chi connectivity index (χ1v) is 9.91. The molecule has 3 aromatic rings. The van der Waals surface area contributed by atoms with Gasteiger partial charge in [-0.15, -0.1) is 0 Å². The first kappa shape index (κ1) is 21.7. The number of ether oxygens (including phenoxy) is 1. The molecule has 0 aliphatic carbocycles. The van der Waals surface area contributed by atoms with Gasteiger partial charge in [0.15, 0.2) is 5.60 Å². The van der Waals surface area contributed by atoms with Gasteiger partial charge in [-0.1, -0.05) is 35.3 Å². The lowest BCUT2D eigenvalue weighted by Crippen LogP contribution is -2.42. The number of hydrogen-bond acceptors (Lipinski definition) is 3. The van der Waals surface area contributed by atoms with Gasteiger partial charge in [0.1, 0.15) is 5.75 Å². The third-order valence-electron chi connectivity index (χ3n) is 4.20. The Morgan fingerprint density at radius 3 is 2.10 bits per heavy atom. The van der Waals surface area contributed by atoms with Crippen LogP contribution in [0.2, 0.25) is 10.0 Å². The lowest BCUT2D eigenvalue weighted by molar-refractivity contribution is -0.128. The van der Waals surface area contributed by atoms with E-state index in [4.69, 9.17) is 27.9 Å². The van der Waals surface area contributed by atoms with Gasteiger partial charge in [0.25, 0.3) is 11.8 Å². The van der Waals surface area contributed by atoms with E-state index in [-0.39, 0.29) is 11.8 Å². The zero-order valence-corrected chi connectivity index (χ0v) is 17.9. The van der Waals surface area contributed by atoms with E-state index in [0.29, 0.717) is 32.7 Å². The predicted octanol–water partition coefficient (Wildman–Crippen LogP) is 6.04. The van der Waals surface area contributed by atoms with Gasteiger partial charge in [-0.05, 0) is 74.5 Å². The zero-order chi connectivity index (χ0) is 21.7. The summed E-state index contributed by atoms with van der Waals surface area (Å²) in [5.74, 6) is -0.106. The van der Waals surface area contributed by atoms with Gasteiger partial charge in [0.05, 0.1) is 0 Å². The van der Waals surface area contributed by atoms with Crippen LogP contribution in [-0.4, -0.2) is 17.4 Å². The second-order valence-electron chi connectivity index (χ2n) is 7.07. The Balaban J connectivity index is 1.67. The number of anilines is 2. The molecule has 0 spiro atoms. The molecule has 30 heavy (non-hydrogen) atoms. The molecule has 5 nitrogen and oxygen atoms in total. The van der Waals surface area contributed by atoms with E-state index < -0.39 is 5.60 Å². The lowest BCUT2D eigenvalue weighted by Gasteiger charge is -2.25. The number of benzene rings is 3. The van der Waals surface area contributed by atoms with Crippen molar-refractivity contribution in [2.24, 2.45) is 0 Å². The minimum Gasteiger partial charge on any atom is -0.478 e. The van der Waals surface area contributed by atoms with Crippen molar-refractivity contribution in [3.63, 3.8) is 0 Å². The first-order valence-electron chi connectivity index (χ1n) is 9.16. The van der Waals surface area contributed by atoms with Crippen LogP contribution >= 0.6 is 23.2 Å². The van der Waals surface area contributed by atoms with Crippen molar-refractivity contribution in [2.75, 3.05) is 10.6 Å². The van der Waals surface area contributed by atoms with Crippen molar-refractivity contribution in [3.8, 4) is 5.75 Å². The maximum Gasteiger partial charge on any atom is 0.267 e. The molecular weight excluding hydrogens is 423 g/mol. The SMILES string of the molecule is CC(C)(Oc1ccc(Cl)cc1)C(=O)Nc1cccc(NC(=O)c2cccc(Cl)c2)c1. The van der Waals surface area contributed by atoms with E-state index in [1.807, 2.05) is 0 Å². The summed E-state index contributed by atoms with van der Waals surface area (Å²) in [5, 5.41) is 6.67. The van der Waals surface area contributed by atoms with Crippen LogP contribution in [0.25, 0.3) is 0 Å². The topological polar surface area (TPSA) is 67.4 Å². The van der Waals surface area contributed by atoms with Gasteiger partial charge in [0, 0.05) is 27.0 Å². The molecular formula is C23H20Cl2N2O3. The Morgan fingerprint density at radius 1 is 0.800 bits per heavy atom. The fourth-order valence-corrected chi connectivity index (χ4v) is 2.95. The van der Waals surface area contributed by atoms with Gasteiger partial charge >= 0.3 is 0 Å². The second kappa shape index (κ2) is 9.20. The minimum absolute atomic E-state index is 0.299. The molecule has 154 valence electrons. The van der Waals surface area contributed by atoms with Crippen LogP contribution in [0.1, 0.15) is 24.2 Å². The molecule has 0 fully saturated rings. The van der Waals surface area contributed by atoms with Gasteiger partial charge in [-0.25, -0.2) is 0 Å². The Morgan fingerprint density at radius 2 is 1.43 bits per heavy atom. The molecule has 0 radical (unpaired) electrons. The Labute approximate surface area is 185 Å². The summed E-state index contributed by atoms with van der Waals surface area (Å²) in [4.78, 5) is 25.1. The van der Waals surface area contributed by atoms with Crippen molar-refractivity contribution in [1.29, 1.82) is 0 Å². The van der Waals surface area contributed by atoms with Gasteiger partial charge < -0.3 is 15.4 Å².